The third-order valence-corrected chi connectivity index (χ3v) is 2.96. The molecule has 1 unspecified atom stereocenters. The average Bonchev–Trinajstić information content (AvgIpc) is 3.20. The highest BCUT2D eigenvalue weighted by Gasteiger charge is 2.37. The van der Waals surface area contributed by atoms with Gasteiger partial charge in [0, 0.05) is 0 Å². The van der Waals surface area contributed by atoms with Crippen molar-refractivity contribution >= 4 is 11.7 Å². The minimum atomic E-state index is -0.538. The van der Waals surface area contributed by atoms with E-state index in [4.69, 9.17) is 10.00 Å². The average molecular weight is 248 g/mol. The van der Waals surface area contributed by atoms with Gasteiger partial charge >= 0.3 is 5.97 Å². The molecule has 1 aliphatic rings. The summed E-state index contributed by atoms with van der Waals surface area (Å²) >= 11 is 0. The Labute approximate surface area is 104 Å². The molecule has 0 radical (unpaired) electrons. The summed E-state index contributed by atoms with van der Waals surface area (Å²) in [5.41, 5.74) is 0.468. The van der Waals surface area contributed by atoms with Crippen LogP contribution in [0.25, 0.3) is 0 Å². The van der Waals surface area contributed by atoms with Gasteiger partial charge in [-0.05, 0) is 37.0 Å². The fraction of sp³-hybridized carbons (Fsp3) is 0.385. The van der Waals surface area contributed by atoms with Gasteiger partial charge in [-0.2, -0.15) is 5.26 Å². The van der Waals surface area contributed by atoms with Gasteiger partial charge in [-0.15, -0.1) is 0 Å². The van der Waals surface area contributed by atoms with E-state index in [0.29, 0.717) is 0 Å². The Bertz CT molecular complexity index is 506. The molecule has 1 atom stereocenters. The molecule has 1 fully saturated rings. The normalized spacial score (nSPS) is 15.6. The van der Waals surface area contributed by atoms with E-state index in [1.807, 2.05) is 6.07 Å². The van der Waals surface area contributed by atoms with Crippen LogP contribution >= 0.6 is 0 Å². The first-order valence-electron chi connectivity index (χ1n) is 5.69. The summed E-state index contributed by atoms with van der Waals surface area (Å²) in [5, 5.41) is 11.5. The second kappa shape index (κ2) is 5.05. The van der Waals surface area contributed by atoms with E-state index in [1.165, 1.54) is 19.2 Å². The van der Waals surface area contributed by atoms with Gasteiger partial charge in [-0.3, -0.25) is 0 Å². The summed E-state index contributed by atoms with van der Waals surface area (Å²) in [4.78, 5) is 11.6. The molecular formula is C13H13FN2O2. The van der Waals surface area contributed by atoms with Crippen LogP contribution in [0.3, 0.4) is 0 Å². The summed E-state index contributed by atoms with van der Waals surface area (Å²) in [5.74, 6) is -0.725. The van der Waals surface area contributed by atoms with Crippen LogP contribution < -0.4 is 5.32 Å². The van der Waals surface area contributed by atoms with Gasteiger partial charge < -0.3 is 10.1 Å². The standard InChI is InChI=1S/C13H13FN2O2/c1-18-13(17)12(9-3-4-9)16-11-5-2-8(7-15)6-10(11)14/h2,5-6,9,12,16H,3-4H2,1H3. The van der Waals surface area contributed by atoms with Crippen LogP contribution in [0, 0.1) is 23.1 Å². The molecule has 0 aliphatic heterocycles. The summed E-state index contributed by atoms with van der Waals surface area (Å²) in [6, 6.07) is 5.46. The minimum absolute atomic E-state index is 0.201. The number of benzene rings is 1. The smallest absolute Gasteiger partial charge is 0.328 e. The fourth-order valence-electron chi connectivity index (χ4n) is 1.79. The molecule has 0 bridgehead atoms. The molecule has 0 amide bonds. The molecule has 1 aromatic rings. The zero-order valence-corrected chi connectivity index (χ0v) is 9.94. The van der Waals surface area contributed by atoms with Crippen molar-refractivity contribution in [2.45, 2.75) is 18.9 Å². The van der Waals surface area contributed by atoms with Crippen molar-refractivity contribution in [1.29, 1.82) is 5.26 Å². The number of methoxy groups -OCH3 is 1. The molecule has 0 spiro atoms. The highest BCUT2D eigenvalue weighted by atomic mass is 19.1. The van der Waals surface area contributed by atoms with Crippen LogP contribution in [0.2, 0.25) is 0 Å². The van der Waals surface area contributed by atoms with Gasteiger partial charge in [0.2, 0.25) is 0 Å². The molecule has 1 aliphatic carbocycles. The molecule has 0 saturated heterocycles. The molecule has 2 rings (SSSR count). The van der Waals surface area contributed by atoms with Crippen molar-refractivity contribution in [2.75, 3.05) is 12.4 Å². The van der Waals surface area contributed by atoms with E-state index in [9.17, 15) is 9.18 Å². The number of rotatable bonds is 4. The second-order valence-electron chi connectivity index (χ2n) is 4.29. The summed E-state index contributed by atoms with van der Waals surface area (Å²) in [6.07, 6.45) is 1.87. The topological polar surface area (TPSA) is 62.1 Å². The molecule has 4 nitrogen and oxygen atoms in total. The Balaban J connectivity index is 2.16. The molecule has 18 heavy (non-hydrogen) atoms. The predicted molar refractivity (Wildman–Crippen MR) is 63.3 cm³/mol. The van der Waals surface area contributed by atoms with Crippen molar-refractivity contribution in [3.05, 3.63) is 29.6 Å². The molecule has 1 N–H and O–H groups in total. The number of nitriles is 1. The Kier molecular flexibility index (Phi) is 3.47. The lowest BCUT2D eigenvalue weighted by molar-refractivity contribution is -0.142. The van der Waals surface area contributed by atoms with Gasteiger partial charge in [-0.25, -0.2) is 9.18 Å². The zero-order chi connectivity index (χ0) is 13.1. The first-order chi connectivity index (χ1) is 8.65. The lowest BCUT2D eigenvalue weighted by atomic mass is 10.1. The van der Waals surface area contributed by atoms with Crippen LogP contribution in [0.5, 0.6) is 0 Å². The number of carbonyl (C=O) groups is 1. The van der Waals surface area contributed by atoms with Crippen molar-refractivity contribution in [1.82, 2.24) is 0 Å². The number of anilines is 1. The van der Waals surface area contributed by atoms with E-state index in [1.54, 1.807) is 0 Å². The molecule has 0 heterocycles. The lowest BCUT2D eigenvalue weighted by Crippen LogP contribution is -2.33. The summed E-state index contributed by atoms with van der Waals surface area (Å²) < 4.78 is 18.4. The van der Waals surface area contributed by atoms with Crippen molar-refractivity contribution in [3.63, 3.8) is 0 Å². The Hall–Kier alpha value is -2.09. The Morgan fingerprint density at radius 1 is 1.61 bits per heavy atom. The monoisotopic (exact) mass is 248 g/mol. The largest absolute Gasteiger partial charge is 0.467 e. The van der Waals surface area contributed by atoms with Crippen LogP contribution in [-0.2, 0) is 9.53 Å². The number of ether oxygens (including phenoxy) is 1. The molecule has 1 aromatic carbocycles. The number of nitrogens with zero attached hydrogens (tertiary/aromatic N) is 1. The molecule has 0 aromatic heterocycles. The van der Waals surface area contributed by atoms with E-state index < -0.39 is 11.9 Å². The maximum absolute atomic E-state index is 13.7. The highest BCUT2D eigenvalue weighted by Crippen LogP contribution is 2.35. The lowest BCUT2D eigenvalue weighted by Gasteiger charge is -2.17. The van der Waals surface area contributed by atoms with Crippen molar-refractivity contribution in [2.24, 2.45) is 5.92 Å². The van der Waals surface area contributed by atoms with Crippen LogP contribution in [-0.4, -0.2) is 19.1 Å². The Morgan fingerprint density at radius 2 is 2.33 bits per heavy atom. The van der Waals surface area contributed by atoms with E-state index >= 15 is 0 Å². The first kappa shape index (κ1) is 12.4. The first-order valence-corrected chi connectivity index (χ1v) is 5.69. The quantitative estimate of drug-likeness (QED) is 0.828. The van der Waals surface area contributed by atoms with Gasteiger partial charge in [-0.1, -0.05) is 0 Å². The van der Waals surface area contributed by atoms with Crippen molar-refractivity contribution < 1.29 is 13.9 Å². The SMILES string of the molecule is COC(=O)C(Nc1ccc(C#N)cc1F)C1CC1. The third kappa shape index (κ3) is 2.59. The van der Waals surface area contributed by atoms with Gasteiger partial charge in [0.1, 0.15) is 11.9 Å². The molecular weight excluding hydrogens is 235 g/mol. The van der Waals surface area contributed by atoms with Crippen LogP contribution in [0.1, 0.15) is 18.4 Å². The van der Waals surface area contributed by atoms with Gasteiger partial charge in [0.15, 0.2) is 0 Å². The van der Waals surface area contributed by atoms with E-state index in [0.717, 1.165) is 18.9 Å². The maximum atomic E-state index is 13.7. The van der Waals surface area contributed by atoms with Gasteiger partial charge in [0.05, 0.1) is 24.4 Å². The van der Waals surface area contributed by atoms with E-state index in [-0.39, 0.29) is 23.1 Å². The summed E-state index contributed by atoms with van der Waals surface area (Å²) in [6.45, 7) is 0. The minimum Gasteiger partial charge on any atom is -0.467 e. The van der Waals surface area contributed by atoms with Gasteiger partial charge in [0.25, 0.3) is 0 Å². The number of nitrogens with one attached hydrogen (secondary N) is 1. The third-order valence-electron chi connectivity index (χ3n) is 2.96. The Morgan fingerprint density at radius 3 is 2.83 bits per heavy atom. The molecule has 1 saturated carbocycles. The number of esters is 1. The predicted octanol–water partition coefficient (Wildman–Crippen LogP) is 2.06. The zero-order valence-electron chi connectivity index (χ0n) is 9.94. The molecule has 5 heteroatoms. The second-order valence-corrected chi connectivity index (χ2v) is 4.29. The van der Waals surface area contributed by atoms with Crippen LogP contribution in [0.4, 0.5) is 10.1 Å². The van der Waals surface area contributed by atoms with E-state index in [2.05, 4.69) is 5.32 Å². The number of carbonyl (C=O) groups excluding carboxylic acids is 1. The highest BCUT2D eigenvalue weighted by molar-refractivity contribution is 5.80. The fourth-order valence-corrected chi connectivity index (χ4v) is 1.79. The molecule has 94 valence electrons. The number of halogens is 1. The number of hydrogen-bond donors (Lipinski definition) is 1. The maximum Gasteiger partial charge on any atom is 0.328 e. The number of hydrogen-bond acceptors (Lipinski definition) is 4. The summed E-state index contributed by atoms with van der Waals surface area (Å²) in [7, 11) is 1.31. The van der Waals surface area contributed by atoms with Crippen molar-refractivity contribution in [3.8, 4) is 6.07 Å². The van der Waals surface area contributed by atoms with Crippen LogP contribution in [0.15, 0.2) is 18.2 Å².